The number of nitrogens with zero attached hydrogens (tertiary/aromatic N) is 1. The minimum Gasteiger partial charge on any atom is -0.495 e. The lowest BCUT2D eigenvalue weighted by Crippen LogP contribution is -2.50. The van der Waals surface area contributed by atoms with E-state index < -0.39 is 0 Å². The summed E-state index contributed by atoms with van der Waals surface area (Å²) in [5.74, 6) is 0.488. The fourth-order valence-electron chi connectivity index (χ4n) is 1.82. The summed E-state index contributed by atoms with van der Waals surface area (Å²) in [7, 11) is 1.54. The largest absolute Gasteiger partial charge is 0.495 e. The molecule has 6 heteroatoms. The van der Waals surface area contributed by atoms with Crippen molar-refractivity contribution in [3.05, 3.63) is 16.3 Å². The number of rotatable bonds is 3. The van der Waals surface area contributed by atoms with Crippen molar-refractivity contribution in [2.24, 2.45) is 0 Å². The van der Waals surface area contributed by atoms with Crippen LogP contribution in [0.2, 0.25) is 0 Å². The van der Waals surface area contributed by atoms with E-state index in [-0.39, 0.29) is 18.6 Å². The molecule has 1 saturated heterocycles. The summed E-state index contributed by atoms with van der Waals surface area (Å²) in [6, 6.07) is 1.51. The number of methoxy groups -OCH3 is 1. The maximum absolute atomic E-state index is 12.3. The van der Waals surface area contributed by atoms with E-state index in [9.17, 15) is 9.90 Å². The SMILES string of the molecule is COc1ccsc1C(=O)N1CCOCC1CO. The first kappa shape index (κ1) is 12.3. The van der Waals surface area contributed by atoms with Crippen LogP contribution in [0.15, 0.2) is 11.4 Å². The van der Waals surface area contributed by atoms with Crippen LogP contribution < -0.4 is 4.74 Å². The molecule has 1 aliphatic rings. The Hall–Kier alpha value is -1.11. The molecule has 1 aromatic rings. The summed E-state index contributed by atoms with van der Waals surface area (Å²) >= 11 is 1.35. The van der Waals surface area contributed by atoms with Gasteiger partial charge in [0, 0.05) is 6.54 Å². The number of morpholine rings is 1. The van der Waals surface area contributed by atoms with Gasteiger partial charge in [-0.2, -0.15) is 0 Å². The van der Waals surface area contributed by atoms with Gasteiger partial charge in [0.15, 0.2) is 0 Å². The molecule has 94 valence electrons. The molecule has 2 heterocycles. The number of ether oxygens (including phenoxy) is 2. The molecule has 0 aliphatic carbocycles. The van der Waals surface area contributed by atoms with E-state index in [2.05, 4.69) is 0 Å². The molecule has 1 aromatic heterocycles. The van der Waals surface area contributed by atoms with Crippen molar-refractivity contribution in [2.75, 3.05) is 33.5 Å². The molecule has 1 amide bonds. The van der Waals surface area contributed by atoms with Crippen molar-refractivity contribution in [1.29, 1.82) is 0 Å². The quantitative estimate of drug-likeness (QED) is 0.861. The third-order valence-electron chi connectivity index (χ3n) is 2.74. The van der Waals surface area contributed by atoms with Gasteiger partial charge in [-0.1, -0.05) is 0 Å². The van der Waals surface area contributed by atoms with Crippen LogP contribution >= 0.6 is 11.3 Å². The molecule has 0 saturated carbocycles. The van der Waals surface area contributed by atoms with Crippen molar-refractivity contribution in [3.63, 3.8) is 0 Å². The predicted octanol–water partition coefficient (Wildman–Crippen LogP) is 0.590. The minimum atomic E-state index is -0.261. The van der Waals surface area contributed by atoms with Crippen molar-refractivity contribution >= 4 is 17.2 Å². The molecule has 1 N–H and O–H groups in total. The van der Waals surface area contributed by atoms with Crippen LogP contribution in [0, 0.1) is 0 Å². The molecule has 0 radical (unpaired) electrons. The van der Waals surface area contributed by atoms with Gasteiger partial charge in [0.25, 0.3) is 5.91 Å². The van der Waals surface area contributed by atoms with Crippen molar-refractivity contribution in [1.82, 2.24) is 4.90 Å². The fourth-order valence-corrected chi connectivity index (χ4v) is 2.63. The third-order valence-corrected chi connectivity index (χ3v) is 3.63. The molecule has 0 spiro atoms. The Morgan fingerprint density at radius 2 is 2.59 bits per heavy atom. The Kier molecular flexibility index (Phi) is 3.98. The van der Waals surface area contributed by atoms with Gasteiger partial charge in [-0.15, -0.1) is 11.3 Å². The normalized spacial score (nSPS) is 20.4. The summed E-state index contributed by atoms with van der Waals surface area (Å²) in [6.07, 6.45) is 0. The molecule has 5 nitrogen and oxygen atoms in total. The van der Waals surface area contributed by atoms with Crippen LogP contribution in [0.5, 0.6) is 5.75 Å². The summed E-state index contributed by atoms with van der Waals surface area (Å²) < 4.78 is 10.4. The summed E-state index contributed by atoms with van der Waals surface area (Å²) in [5.41, 5.74) is 0. The van der Waals surface area contributed by atoms with Crippen LogP contribution in [0.4, 0.5) is 0 Å². The summed E-state index contributed by atoms with van der Waals surface area (Å²) in [6.45, 7) is 1.32. The van der Waals surface area contributed by atoms with E-state index in [1.54, 1.807) is 18.1 Å². The van der Waals surface area contributed by atoms with Crippen molar-refractivity contribution < 1.29 is 19.4 Å². The molecular formula is C11H15NO4S. The minimum absolute atomic E-state index is 0.0839. The van der Waals surface area contributed by atoms with Gasteiger partial charge in [0.2, 0.25) is 0 Å². The lowest BCUT2D eigenvalue weighted by molar-refractivity contribution is -0.0182. The highest BCUT2D eigenvalue weighted by molar-refractivity contribution is 7.12. The monoisotopic (exact) mass is 257 g/mol. The van der Waals surface area contributed by atoms with Gasteiger partial charge in [-0.25, -0.2) is 0 Å². The van der Waals surface area contributed by atoms with Crippen LogP contribution in [0.25, 0.3) is 0 Å². The first-order valence-corrected chi connectivity index (χ1v) is 6.27. The van der Waals surface area contributed by atoms with Crippen molar-refractivity contribution in [3.8, 4) is 5.75 Å². The Labute approximate surface area is 104 Å². The Balaban J connectivity index is 2.18. The van der Waals surface area contributed by atoms with Gasteiger partial charge in [0.1, 0.15) is 10.6 Å². The number of thiophene rings is 1. The number of aliphatic hydroxyl groups excluding tert-OH is 1. The molecule has 1 atom stereocenters. The number of aliphatic hydroxyl groups is 1. The molecule has 1 aliphatic heterocycles. The predicted molar refractivity (Wildman–Crippen MR) is 63.6 cm³/mol. The zero-order chi connectivity index (χ0) is 12.3. The van der Waals surface area contributed by atoms with Crippen LogP contribution in [0.1, 0.15) is 9.67 Å². The van der Waals surface area contributed by atoms with Crippen LogP contribution in [-0.2, 0) is 4.74 Å². The smallest absolute Gasteiger partial charge is 0.268 e. The van der Waals surface area contributed by atoms with Crippen molar-refractivity contribution in [2.45, 2.75) is 6.04 Å². The molecule has 0 aromatic carbocycles. The second kappa shape index (κ2) is 5.48. The van der Waals surface area contributed by atoms with Crippen LogP contribution in [0.3, 0.4) is 0 Å². The number of hydrogen-bond acceptors (Lipinski definition) is 5. The molecular weight excluding hydrogens is 242 g/mol. The fraction of sp³-hybridized carbons (Fsp3) is 0.545. The average Bonchev–Trinajstić information content (AvgIpc) is 2.86. The first-order valence-electron chi connectivity index (χ1n) is 5.39. The molecule has 2 rings (SSSR count). The number of hydrogen-bond donors (Lipinski definition) is 1. The molecule has 1 unspecified atom stereocenters. The second-order valence-electron chi connectivity index (χ2n) is 3.73. The van der Waals surface area contributed by atoms with E-state index in [0.717, 1.165) is 0 Å². The Morgan fingerprint density at radius 1 is 1.76 bits per heavy atom. The molecule has 17 heavy (non-hydrogen) atoms. The first-order chi connectivity index (χ1) is 8.27. The highest BCUT2D eigenvalue weighted by Gasteiger charge is 2.29. The van der Waals surface area contributed by atoms with Gasteiger partial charge in [-0.3, -0.25) is 4.79 Å². The summed E-state index contributed by atoms with van der Waals surface area (Å²) in [5, 5.41) is 11.1. The van der Waals surface area contributed by atoms with E-state index in [0.29, 0.717) is 30.4 Å². The zero-order valence-electron chi connectivity index (χ0n) is 9.59. The van der Waals surface area contributed by atoms with Gasteiger partial charge in [0.05, 0.1) is 33.0 Å². The number of carbonyl (C=O) groups is 1. The third kappa shape index (κ3) is 2.43. The topological polar surface area (TPSA) is 59.0 Å². The van der Waals surface area contributed by atoms with E-state index >= 15 is 0 Å². The molecule has 0 bridgehead atoms. The summed E-state index contributed by atoms with van der Waals surface area (Å²) in [4.78, 5) is 14.5. The lowest BCUT2D eigenvalue weighted by atomic mass is 10.2. The highest BCUT2D eigenvalue weighted by atomic mass is 32.1. The lowest BCUT2D eigenvalue weighted by Gasteiger charge is -2.34. The zero-order valence-corrected chi connectivity index (χ0v) is 10.4. The second-order valence-corrected chi connectivity index (χ2v) is 4.64. The Morgan fingerprint density at radius 3 is 3.29 bits per heavy atom. The standard InChI is InChI=1S/C11H15NO4S/c1-15-9-2-5-17-10(9)11(14)12-3-4-16-7-8(12)6-13/h2,5,8,13H,3-4,6-7H2,1H3. The number of carbonyl (C=O) groups excluding carboxylic acids is 1. The van der Waals surface area contributed by atoms with Gasteiger partial charge in [-0.05, 0) is 11.4 Å². The maximum atomic E-state index is 12.3. The van der Waals surface area contributed by atoms with E-state index in [1.807, 2.05) is 5.38 Å². The Bertz CT molecular complexity index is 393. The average molecular weight is 257 g/mol. The molecule has 1 fully saturated rings. The van der Waals surface area contributed by atoms with E-state index in [4.69, 9.17) is 9.47 Å². The van der Waals surface area contributed by atoms with Gasteiger partial charge >= 0.3 is 0 Å². The number of amides is 1. The van der Waals surface area contributed by atoms with Crippen LogP contribution in [-0.4, -0.2) is 55.4 Å². The highest BCUT2D eigenvalue weighted by Crippen LogP contribution is 2.27. The maximum Gasteiger partial charge on any atom is 0.268 e. The van der Waals surface area contributed by atoms with Gasteiger partial charge < -0.3 is 19.5 Å². The van der Waals surface area contributed by atoms with E-state index in [1.165, 1.54) is 11.3 Å².